The number of benzene rings is 2. The van der Waals surface area contributed by atoms with E-state index in [2.05, 4.69) is 10.6 Å². The average molecular weight is 343 g/mol. The van der Waals surface area contributed by atoms with E-state index >= 15 is 0 Å². The maximum absolute atomic E-state index is 12.7. The number of hydrogen-bond donors (Lipinski definition) is 3. The summed E-state index contributed by atoms with van der Waals surface area (Å²) in [5, 5.41) is 5.51. The van der Waals surface area contributed by atoms with Crippen molar-refractivity contribution in [2.24, 2.45) is 5.73 Å². The Bertz CT molecular complexity index is 739. The molecule has 0 aliphatic rings. The Morgan fingerprint density at radius 2 is 1.48 bits per heavy atom. The van der Waals surface area contributed by atoms with Crippen LogP contribution < -0.4 is 25.8 Å². The van der Waals surface area contributed by atoms with Crippen LogP contribution in [0.5, 0.6) is 11.5 Å². The van der Waals surface area contributed by atoms with Crippen molar-refractivity contribution >= 4 is 23.2 Å². The number of rotatable bonds is 7. The van der Waals surface area contributed by atoms with Gasteiger partial charge < -0.3 is 25.8 Å². The van der Waals surface area contributed by atoms with Crippen molar-refractivity contribution in [3.05, 3.63) is 48.0 Å². The summed E-state index contributed by atoms with van der Waals surface area (Å²) in [5.41, 5.74) is 6.61. The van der Waals surface area contributed by atoms with Gasteiger partial charge in [0, 0.05) is 13.0 Å². The van der Waals surface area contributed by atoms with Gasteiger partial charge in [-0.1, -0.05) is 18.2 Å². The molecule has 25 heavy (non-hydrogen) atoms. The van der Waals surface area contributed by atoms with Gasteiger partial charge in [0.1, 0.15) is 17.1 Å². The lowest BCUT2D eigenvalue weighted by Gasteiger charge is -2.15. The molecule has 0 aromatic heterocycles. The molecular formula is C18H21N3O4. The molecule has 2 amide bonds. The summed E-state index contributed by atoms with van der Waals surface area (Å²) in [6.07, 6.45) is 0.197. The van der Waals surface area contributed by atoms with Gasteiger partial charge in [-0.15, -0.1) is 0 Å². The van der Waals surface area contributed by atoms with E-state index in [1.165, 1.54) is 14.2 Å². The number of anilines is 2. The quantitative estimate of drug-likeness (QED) is 0.715. The first-order chi connectivity index (χ1) is 12.1. The Balaban J connectivity index is 2.29. The highest BCUT2D eigenvalue weighted by Gasteiger charge is 2.19. The summed E-state index contributed by atoms with van der Waals surface area (Å²) < 4.78 is 10.5. The molecule has 0 atom stereocenters. The Morgan fingerprint density at radius 3 is 2.00 bits per heavy atom. The van der Waals surface area contributed by atoms with Gasteiger partial charge in [0.05, 0.1) is 25.6 Å². The van der Waals surface area contributed by atoms with Gasteiger partial charge in [-0.05, 0) is 24.3 Å². The van der Waals surface area contributed by atoms with E-state index in [0.29, 0.717) is 22.9 Å². The number of methoxy groups -OCH3 is 2. The summed E-state index contributed by atoms with van der Waals surface area (Å²) in [5.74, 6) is 0.150. The number of para-hydroxylation sites is 2. The Labute approximate surface area is 146 Å². The molecule has 0 aliphatic heterocycles. The summed E-state index contributed by atoms with van der Waals surface area (Å²) >= 11 is 0. The standard InChI is InChI=1S/C18H21N3O4/c1-24-14-8-5-9-15(25-2)17(14)18(23)21-13-7-4-3-6-12(13)20-16(22)10-11-19/h3-9H,10-11,19H2,1-2H3,(H,20,22)(H,21,23). The number of nitrogens with two attached hydrogens (primary N) is 1. The first-order valence-corrected chi connectivity index (χ1v) is 7.72. The zero-order valence-corrected chi connectivity index (χ0v) is 14.2. The third-order valence-electron chi connectivity index (χ3n) is 3.48. The summed E-state index contributed by atoms with van der Waals surface area (Å²) in [6, 6.07) is 12.0. The van der Waals surface area contributed by atoms with Crippen molar-refractivity contribution in [3.63, 3.8) is 0 Å². The minimum atomic E-state index is -0.408. The maximum atomic E-state index is 12.7. The molecule has 7 heteroatoms. The molecule has 4 N–H and O–H groups in total. The summed E-state index contributed by atoms with van der Waals surface area (Å²) in [6.45, 7) is 0.249. The second kappa shape index (κ2) is 8.70. The van der Waals surface area contributed by atoms with Crippen molar-refractivity contribution in [3.8, 4) is 11.5 Å². The van der Waals surface area contributed by atoms with Gasteiger partial charge in [-0.3, -0.25) is 9.59 Å². The lowest BCUT2D eigenvalue weighted by Crippen LogP contribution is -2.19. The third-order valence-corrected chi connectivity index (χ3v) is 3.48. The number of nitrogens with one attached hydrogen (secondary N) is 2. The van der Waals surface area contributed by atoms with Crippen molar-refractivity contribution < 1.29 is 19.1 Å². The van der Waals surface area contributed by atoms with E-state index in [-0.39, 0.29) is 24.4 Å². The topological polar surface area (TPSA) is 103 Å². The van der Waals surface area contributed by atoms with E-state index in [1.807, 2.05) is 0 Å². The Hall–Kier alpha value is -3.06. The molecule has 2 rings (SSSR count). The number of carbonyl (C=O) groups excluding carboxylic acids is 2. The zero-order valence-electron chi connectivity index (χ0n) is 14.2. The first kappa shape index (κ1) is 18.3. The van der Waals surface area contributed by atoms with Crippen LogP contribution in [0.15, 0.2) is 42.5 Å². The monoisotopic (exact) mass is 343 g/mol. The van der Waals surface area contributed by atoms with E-state index < -0.39 is 5.91 Å². The van der Waals surface area contributed by atoms with Gasteiger partial charge in [0.2, 0.25) is 5.91 Å². The van der Waals surface area contributed by atoms with Crippen LogP contribution >= 0.6 is 0 Å². The molecule has 0 saturated heterocycles. The molecule has 0 aliphatic carbocycles. The van der Waals surface area contributed by atoms with Crippen LogP contribution in [0.25, 0.3) is 0 Å². The minimum Gasteiger partial charge on any atom is -0.496 e. The molecule has 0 unspecified atom stereocenters. The second-order valence-electron chi connectivity index (χ2n) is 5.12. The summed E-state index contributed by atoms with van der Waals surface area (Å²) in [7, 11) is 2.96. The molecule has 0 fully saturated rings. The van der Waals surface area contributed by atoms with Gasteiger partial charge in [0.25, 0.3) is 5.91 Å². The maximum Gasteiger partial charge on any atom is 0.263 e. The van der Waals surface area contributed by atoms with Crippen LogP contribution in [0.4, 0.5) is 11.4 Å². The van der Waals surface area contributed by atoms with Crippen LogP contribution in [0.2, 0.25) is 0 Å². The Kier molecular flexibility index (Phi) is 6.36. The van der Waals surface area contributed by atoms with Crippen LogP contribution in [-0.4, -0.2) is 32.6 Å². The number of hydrogen-bond acceptors (Lipinski definition) is 5. The third kappa shape index (κ3) is 4.48. The van der Waals surface area contributed by atoms with E-state index in [4.69, 9.17) is 15.2 Å². The van der Waals surface area contributed by atoms with Crippen LogP contribution in [-0.2, 0) is 4.79 Å². The molecule has 132 valence electrons. The van der Waals surface area contributed by atoms with Crippen LogP contribution in [0.1, 0.15) is 16.8 Å². The molecule has 0 saturated carbocycles. The summed E-state index contributed by atoms with van der Waals surface area (Å²) in [4.78, 5) is 24.5. The van der Waals surface area contributed by atoms with Gasteiger partial charge in [0.15, 0.2) is 0 Å². The van der Waals surface area contributed by atoms with E-state index in [1.54, 1.807) is 42.5 Å². The highest BCUT2D eigenvalue weighted by atomic mass is 16.5. The second-order valence-corrected chi connectivity index (χ2v) is 5.12. The molecule has 0 spiro atoms. The highest BCUT2D eigenvalue weighted by molar-refractivity contribution is 6.10. The van der Waals surface area contributed by atoms with E-state index in [0.717, 1.165) is 0 Å². The van der Waals surface area contributed by atoms with Gasteiger partial charge in [-0.2, -0.15) is 0 Å². The lowest BCUT2D eigenvalue weighted by atomic mass is 10.1. The fourth-order valence-corrected chi connectivity index (χ4v) is 2.30. The highest BCUT2D eigenvalue weighted by Crippen LogP contribution is 2.30. The predicted octanol–water partition coefficient (Wildman–Crippen LogP) is 2.24. The Morgan fingerprint density at radius 1 is 0.920 bits per heavy atom. The molecule has 0 radical (unpaired) electrons. The predicted molar refractivity (Wildman–Crippen MR) is 96.2 cm³/mol. The molecule has 2 aromatic carbocycles. The lowest BCUT2D eigenvalue weighted by molar-refractivity contribution is -0.116. The number of carbonyl (C=O) groups is 2. The van der Waals surface area contributed by atoms with Crippen molar-refractivity contribution in [1.82, 2.24) is 0 Å². The normalized spacial score (nSPS) is 10.0. The van der Waals surface area contributed by atoms with Crippen LogP contribution in [0, 0.1) is 0 Å². The van der Waals surface area contributed by atoms with Crippen molar-refractivity contribution in [2.75, 3.05) is 31.4 Å². The minimum absolute atomic E-state index is 0.197. The molecular weight excluding hydrogens is 322 g/mol. The number of ether oxygens (including phenoxy) is 2. The molecule has 0 bridgehead atoms. The van der Waals surface area contributed by atoms with Gasteiger partial charge in [-0.25, -0.2) is 0 Å². The zero-order chi connectivity index (χ0) is 18.2. The van der Waals surface area contributed by atoms with Crippen molar-refractivity contribution in [2.45, 2.75) is 6.42 Å². The van der Waals surface area contributed by atoms with Crippen molar-refractivity contribution in [1.29, 1.82) is 0 Å². The average Bonchev–Trinajstić information content (AvgIpc) is 2.62. The fraction of sp³-hybridized carbons (Fsp3) is 0.222. The first-order valence-electron chi connectivity index (χ1n) is 7.72. The molecule has 0 heterocycles. The molecule has 7 nitrogen and oxygen atoms in total. The van der Waals surface area contributed by atoms with E-state index in [9.17, 15) is 9.59 Å². The fourth-order valence-electron chi connectivity index (χ4n) is 2.30. The molecule has 2 aromatic rings. The largest absolute Gasteiger partial charge is 0.496 e. The SMILES string of the molecule is COc1cccc(OC)c1C(=O)Nc1ccccc1NC(=O)CCN. The smallest absolute Gasteiger partial charge is 0.263 e. The number of amides is 2. The van der Waals surface area contributed by atoms with Gasteiger partial charge >= 0.3 is 0 Å². The van der Waals surface area contributed by atoms with Crippen LogP contribution in [0.3, 0.4) is 0 Å².